The van der Waals surface area contributed by atoms with Crippen LogP contribution in [-0.4, -0.2) is 56.4 Å². The van der Waals surface area contributed by atoms with Gasteiger partial charge in [0, 0.05) is 6.54 Å². The molecule has 0 aromatic carbocycles. The zero-order valence-electron chi connectivity index (χ0n) is 12.5. The van der Waals surface area contributed by atoms with Gasteiger partial charge >= 0.3 is 6.18 Å². The predicted molar refractivity (Wildman–Crippen MR) is 74.0 cm³/mol. The van der Waals surface area contributed by atoms with Gasteiger partial charge < -0.3 is 15.0 Å². The Balaban J connectivity index is 1.93. The summed E-state index contributed by atoms with van der Waals surface area (Å²) in [4.78, 5) is 13.6. The molecule has 0 saturated carbocycles. The third-order valence-electron chi connectivity index (χ3n) is 3.60. The number of nitrogens with zero attached hydrogens (tertiary/aromatic N) is 1. The van der Waals surface area contributed by atoms with Gasteiger partial charge in [0.15, 0.2) is 0 Å². The van der Waals surface area contributed by atoms with Gasteiger partial charge in [0.25, 0.3) is 0 Å². The summed E-state index contributed by atoms with van der Waals surface area (Å²) in [7, 11) is 0. The van der Waals surface area contributed by atoms with Crippen molar-refractivity contribution in [1.82, 2.24) is 10.2 Å². The Morgan fingerprint density at radius 3 is 2.57 bits per heavy atom. The number of halogens is 3. The van der Waals surface area contributed by atoms with Gasteiger partial charge in [-0.3, -0.25) is 4.79 Å². The third-order valence-corrected chi connectivity index (χ3v) is 3.60. The number of hydrogen-bond donors (Lipinski definition) is 1. The second-order valence-electron chi connectivity index (χ2n) is 5.69. The molecule has 1 aliphatic heterocycles. The lowest BCUT2D eigenvalue weighted by Crippen LogP contribution is -2.34. The first-order valence-electron chi connectivity index (χ1n) is 7.50. The van der Waals surface area contributed by atoms with Gasteiger partial charge in [0.05, 0.1) is 0 Å². The van der Waals surface area contributed by atoms with Gasteiger partial charge in [-0.05, 0) is 51.2 Å². The fourth-order valence-electron chi connectivity index (χ4n) is 2.28. The number of carbonyl (C=O) groups excluding carboxylic acids is 1. The Kier molecular flexibility index (Phi) is 8.03. The van der Waals surface area contributed by atoms with E-state index in [9.17, 15) is 18.0 Å². The average molecular weight is 310 g/mol. The molecule has 1 fully saturated rings. The van der Waals surface area contributed by atoms with Gasteiger partial charge in [0.1, 0.15) is 13.2 Å². The van der Waals surface area contributed by atoms with Gasteiger partial charge in [0.2, 0.25) is 5.91 Å². The smallest absolute Gasteiger partial charge is 0.362 e. The summed E-state index contributed by atoms with van der Waals surface area (Å²) in [6.07, 6.45) is -0.0814. The highest BCUT2D eigenvalue weighted by Crippen LogP contribution is 2.16. The summed E-state index contributed by atoms with van der Waals surface area (Å²) in [5.41, 5.74) is 0. The number of ether oxygens (including phenoxy) is 1. The first-order chi connectivity index (χ1) is 9.87. The number of piperidine rings is 1. The van der Waals surface area contributed by atoms with Gasteiger partial charge in [-0.2, -0.15) is 13.2 Å². The minimum Gasteiger partial charge on any atom is -0.362 e. The summed E-state index contributed by atoms with van der Waals surface area (Å²) in [6.45, 7) is 4.13. The summed E-state index contributed by atoms with van der Waals surface area (Å²) in [5.74, 6) is 0.322. The first-order valence-corrected chi connectivity index (χ1v) is 7.50. The monoisotopic (exact) mass is 310 g/mol. The van der Waals surface area contributed by atoms with Crippen molar-refractivity contribution in [3.8, 4) is 0 Å². The van der Waals surface area contributed by atoms with E-state index in [1.807, 2.05) is 0 Å². The van der Waals surface area contributed by atoms with Gasteiger partial charge in [-0.1, -0.05) is 6.92 Å². The van der Waals surface area contributed by atoms with Crippen molar-refractivity contribution in [2.45, 2.75) is 38.8 Å². The maximum Gasteiger partial charge on any atom is 0.411 e. The molecule has 4 nitrogen and oxygen atoms in total. The van der Waals surface area contributed by atoms with Crippen LogP contribution in [-0.2, 0) is 9.53 Å². The molecule has 124 valence electrons. The van der Waals surface area contributed by atoms with Crippen LogP contribution in [0.25, 0.3) is 0 Å². The van der Waals surface area contributed by atoms with Crippen LogP contribution < -0.4 is 5.32 Å². The molecule has 1 amide bonds. The summed E-state index contributed by atoms with van der Waals surface area (Å²) in [6, 6.07) is 0. The molecule has 1 heterocycles. The fraction of sp³-hybridized carbons (Fsp3) is 0.929. The maximum atomic E-state index is 11.8. The fourth-order valence-corrected chi connectivity index (χ4v) is 2.28. The lowest BCUT2D eigenvalue weighted by molar-refractivity contribution is -0.175. The molecule has 0 aliphatic carbocycles. The van der Waals surface area contributed by atoms with E-state index in [0.717, 1.165) is 38.4 Å². The van der Waals surface area contributed by atoms with Crippen molar-refractivity contribution >= 4 is 5.91 Å². The van der Waals surface area contributed by atoms with E-state index in [2.05, 4.69) is 21.9 Å². The van der Waals surface area contributed by atoms with Crippen LogP contribution in [0.4, 0.5) is 13.2 Å². The lowest BCUT2D eigenvalue weighted by atomic mass is 9.99. The summed E-state index contributed by atoms with van der Waals surface area (Å²) >= 11 is 0. The molecule has 1 rings (SSSR count). The first kappa shape index (κ1) is 18.2. The van der Waals surface area contributed by atoms with E-state index in [-0.39, 0.29) is 0 Å². The van der Waals surface area contributed by atoms with E-state index in [1.54, 1.807) is 0 Å². The van der Waals surface area contributed by atoms with Crippen molar-refractivity contribution in [1.29, 1.82) is 0 Å². The lowest BCUT2D eigenvalue weighted by Gasteiger charge is -2.30. The Labute approximate surface area is 124 Å². The molecule has 0 radical (unpaired) electrons. The highest BCUT2D eigenvalue weighted by molar-refractivity contribution is 5.77. The molecule has 0 bridgehead atoms. The zero-order valence-corrected chi connectivity index (χ0v) is 12.5. The van der Waals surface area contributed by atoms with E-state index in [1.165, 1.54) is 12.8 Å². The van der Waals surface area contributed by atoms with Crippen molar-refractivity contribution < 1.29 is 22.7 Å². The highest BCUT2D eigenvalue weighted by atomic mass is 19.4. The van der Waals surface area contributed by atoms with Crippen LogP contribution in [0.15, 0.2) is 0 Å². The Morgan fingerprint density at radius 2 is 1.95 bits per heavy atom. The molecule has 21 heavy (non-hydrogen) atoms. The standard InChI is InChI=1S/C14H25F3N2O2/c1-12-4-8-19(9-5-12)7-3-2-6-18-13(20)10-21-11-14(15,16)17/h12H,2-11H2,1H3,(H,18,20). The number of alkyl halides is 3. The number of hydrogen-bond acceptors (Lipinski definition) is 3. The van der Waals surface area contributed by atoms with Crippen molar-refractivity contribution in [2.75, 3.05) is 39.4 Å². The van der Waals surface area contributed by atoms with Crippen LogP contribution >= 0.6 is 0 Å². The second-order valence-corrected chi connectivity index (χ2v) is 5.69. The van der Waals surface area contributed by atoms with E-state index < -0.39 is 25.3 Å². The molecule has 1 N–H and O–H groups in total. The molecule has 0 spiro atoms. The molecule has 0 aromatic rings. The number of nitrogens with one attached hydrogen (secondary N) is 1. The van der Waals surface area contributed by atoms with Gasteiger partial charge in [-0.25, -0.2) is 0 Å². The molecule has 1 saturated heterocycles. The molecule has 7 heteroatoms. The summed E-state index contributed by atoms with van der Waals surface area (Å²) in [5, 5.41) is 2.56. The molecular formula is C14H25F3N2O2. The zero-order chi connectivity index (χ0) is 15.7. The Morgan fingerprint density at radius 1 is 1.29 bits per heavy atom. The number of carbonyl (C=O) groups is 1. The van der Waals surface area contributed by atoms with Crippen LogP contribution in [0, 0.1) is 5.92 Å². The SMILES string of the molecule is CC1CCN(CCCCNC(=O)COCC(F)(F)F)CC1. The maximum absolute atomic E-state index is 11.8. The van der Waals surface area contributed by atoms with E-state index >= 15 is 0 Å². The number of unbranched alkanes of at least 4 members (excludes halogenated alkanes) is 1. The van der Waals surface area contributed by atoms with E-state index in [0.29, 0.717) is 6.54 Å². The normalized spacial score (nSPS) is 17.9. The predicted octanol–water partition coefficient (Wildman–Crippen LogP) is 2.19. The van der Waals surface area contributed by atoms with Crippen molar-refractivity contribution in [3.05, 3.63) is 0 Å². The molecule has 0 unspecified atom stereocenters. The molecule has 1 aliphatic rings. The van der Waals surface area contributed by atoms with Crippen molar-refractivity contribution in [2.24, 2.45) is 5.92 Å². The topological polar surface area (TPSA) is 41.6 Å². The van der Waals surface area contributed by atoms with Crippen LogP contribution in [0.3, 0.4) is 0 Å². The quantitative estimate of drug-likeness (QED) is 0.699. The Bertz CT molecular complexity index is 303. The molecule has 0 atom stereocenters. The van der Waals surface area contributed by atoms with Crippen molar-refractivity contribution in [3.63, 3.8) is 0 Å². The minimum absolute atomic E-state index is 0.485. The van der Waals surface area contributed by atoms with E-state index in [4.69, 9.17) is 0 Å². The second kappa shape index (κ2) is 9.25. The Hall–Kier alpha value is -0.820. The summed E-state index contributed by atoms with van der Waals surface area (Å²) < 4.78 is 39.7. The van der Waals surface area contributed by atoms with Gasteiger partial charge in [-0.15, -0.1) is 0 Å². The number of likely N-dealkylation sites (tertiary alicyclic amines) is 1. The molecule has 0 aromatic heterocycles. The highest BCUT2D eigenvalue weighted by Gasteiger charge is 2.27. The molecular weight excluding hydrogens is 285 g/mol. The number of amides is 1. The minimum atomic E-state index is -4.38. The third kappa shape index (κ3) is 9.68. The number of rotatable bonds is 8. The van der Waals surface area contributed by atoms with Crippen LogP contribution in [0.2, 0.25) is 0 Å². The average Bonchev–Trinajstić information content (AvgIpc) is 2.39. The van der Waals surface area contributed by atoms with Crippen LogP contribution in [0.5, 0.6) is 0 Å². The largest absolute Gasteiger partial charge is 0.411 e. The van der Waals surface area contributed by atoms with Crippen LogP contribution in [0.1, 0.15) is 32.6 Å².